The molecule has 2 amide bonds. The summed E-state index contributed by atoms with van der Waals surface area (Å²) < 4.78 is 0.465. The van der Waals surface area contributed by atoms with Gasteiger partial charge >= 0.3 is 0 Å². The first-order valence-electron chi connectivity index (χ1n) is 9.31. The Morgan fingerprint density at radius 1 is 1.17 bits per heavy atom. The fraction of sp³-hybridized carbons (Fsp3) is 0.227. The fourth-order valence-corrected chi connectivity index (χ4v) is 4.46. The zero-order chi connectivity index (χ0) is 20.8. The average molecular weight is 445 g/mol. The van der Waals surface area contributed by atoms with E-state index in [1.807, 2.05) is 55.5 Å². The lowest BCUT2D eigenvalue weighted by Crippen LogP contribution is -2.35. The molecule has 150 valence electrons. The lowest BCUT2D eigenvalue weighted by molar-refractivity contribution is -0.132. The summed E-state index contributed by atoms with van der Waals surface area (Å²) in [6.45, 7) is 3.39. The molecule has 2 aromatic rings. The van der Waals surface area contributed by atoms with E-state index in [9.17, 15) is 9.59 Å². The van der Waals surface area contributed by atoms with Gasteiger partial charge in [-0.25, -0.2) is 0 Å². The lowest BCUT2D eigenvalue weighted by Gasteiger charge is -2.22. The smallest absolute Gasteiger partial charge is 0.266 e. The van der Waals surface area contributed by atoms with Crippen LogP contribution in [0.3, 0.4) is 0 Å². The minimum absolute atomic E-state index is 0.000450. The molecule has 7 heteroatoms. The normalized spacial score (nSPS) is 15.2. The Hall–Kier alpha value is -2.15. The molecule has 0 aromatic heterocycles. The van der Waals surface area contributed by atoms with Crippen molar-refractivity contribution in [3.63, 3.8) is 0 Å². The first-order valence-corrected chi connectivity index (χ1v) is 10.9. The number of thioether (sulfide) groups is 1. The highest BCUT2D eigenvalue weighted by Gasteiger charge is 2.32. The van der Waals surface area contributed by atoms with Crippen molar-refractivity contribution < 1.29 is 9.59 Å². The van der Waals surface area contributed by atoms with Crippen LogP contribution in [0.15, 0.2) is 59.5 Å². The minimum Gasteiger partial charge on any atom is -0.339 e. The van der Waals surface area contributed by atoms with Gasteiger partial charge < -0.3 is 4.90 Å². The van der Waals surface area contributed by atoms with Gasteiger partial charge in [0.15, 0.2) is 0 Å². The van der Waals surface area contributed by atoms with Crippen molar-refractivity contribution >= 4 is 57.8 Å². The van der Waals surface area contributed by atoms with Crippen molar-refractivity contribution in [1.82, 2.24) is 9.80 Å². The van der Waals surface area contributed by atoms with E-state index in [1.165, 1.54) is 16.7 Å². The fourth-order valence-electron chi connectivity index (χ4n) is 2.97. The summed E-state index contributed by atoms with van der Waals surface area (Å²) >= 11 is 12.8. The molecule has 0 aliphatic carbocycles. The van der Waals surface area contributed by atoms with Gasteiger partial charge in [0.2, 0.25) is 5.91 Å². The van der Waals surface area contributed by atoms with Crippen LogP contribution in [0.4, 0.5) is 0 Å². The number of carbonyl (C=O) groups is 2. The van der Waals surface area contributed by atoms with Gasteiger partial charge in [0.1, 0.15) is 4.32 Å². The maximum absolute atomic E-state index is 12.8. The summed E-state index contributed by atoms with van der Waals surface area (Å²) in [5.74, 6) is -0.181. The van der Waals surface area contributed by atoms with Gasteiger partial charge in [0.25, 0.3) is 5.91 Å². The van der Waals surface area contributed by atoms with Crippen LogP contribution < -0.4 is 0 Å². The molecule has 1 fully saturated rings. The average Bonchev–Trinajstić information content (AvgIpc) is 2.99. The number of halogens is 1. The van der Waals surface area contributed by atoms with Crippen molar-refractivity contribution in [2.45, 2.75) is 19.9 Å². The molecule has 0 bridgehead atoms. The molecule has 0 radical (unpaired) electrons. The Morgan fingerprint density at radius 2 is 1.86 bits per heavy atom. The van der Waals surface area contributed by atoms with E-state index in [1.54, 1.807) is 17.0 Å². The second kappa shape index (κ2) is 10.1. The molecule has 0 unspecified atom stereocenters. The molecule has 1 aliphatic heterocycles. The zero-order valence-corrected chi connectivity index (χ0v) is 18.4. The van der Waals surface area contributed by atoms with Gasteiger partial charge in [-0.1, -0.05) is 84.1 Å². The largest absolute Gasteiger partial charge is 0.339 e. The third kappa shape index (κ3) is 5.47. The van der Waals surface area contributed by atoms with Crippen LogP contribution >= 0.6 is 35.6 Å². The van der Waals surface area contributed by atoms with Crippen LogP contribution in [-0.4, -0.2) is 39.0 Å². The Morgan fingerprint density at radius 3 is 2.55 bits per heavy atom. The highest BCUT2D eigenvalue weighted by Crippen LogP contribution is 2.33. The molecule has 4 nitrogen and oxygen atoms in total. The molecule has 0 saturated carbocycles. The lowest BCUT2D eigenvalue weighted by atomic mass is 10.2. The van der Waals surface area contributed by atoms with Crippen molar-refractivity contribution in [2.24, 2.45) is 0 Å². The molecule has 1 aliphatic rings. The quantitative estimate of drug-likeness (QED) is 0.446. The van der Waals surface area contributed by atoms with E-state index in [0.29, 0.717) is 27.3 Å². The monoisotopic (exact) mass is 444 g/mol. The first-order chi connectivity index (χ1) is 14.0. The van der Waals surface area contributed by atoms with Crippen LogP contribution in [0.5, 0.6) is 0 Å². The SMILES string of the molecule is CCN(Cc1ccccc1)C(=O)CCN1C(=O)/C(=C\c2ccccc2Cl)SC1=S. The van der Waals surface area contributed by atoms with Crippen LogP contribution in [0.1, 0.15) is 24.5 Å². The van der Waals surface area contributed by atoms with Crippen LogP contribution in [-0.2, 0) is 16.1 Å². The Balaban J connectivity index is 1.62. The minimum atomic E-state index is -0.182. The standard InChI is InChI=1S/C22H21ClN2O2S2/c1-2-24(15-16-8-4-3-5-9-16)20(26)12-13-25-21(27)19(29-22(25)28)14-17-10-6-7-11-18(17)23/h3-11,14H,2,12-13,15H2,1H3/b19-14+. The van der Waals surface area contributed by atoms with Crippen molar-refractivity contribution in [2.75, 3.05) is 13.1 Å². The molecule has 1 saturated heterocycles. The van der Waals surface area contributed by atoms with E-state index in [-0.39, 0.29) is 24.8 Å². The molecular weight excluding hydrogens is 424 g/mol. The number of hydrogen-bond acceptors (Lipinski definition) is 4. The first kappa shape index (κ1) is 21.6. The summed E-state index contributed by atoms with van der Waals surface area (Å²) in [4.78, 5) is 29.2. The number of thiocarbonyl (C=S) groups is 1. The van der Waals surface area contributed by atoms with Gasteiger partial charge in [-0.15, -0.1) is 0 Å². The number of nitrogens with zero attached hydrogens (tertiary/aromatic N) is 2. The number of benzene rings is 2. The predicted octanol–water partition coefficient (Wildman–Crippen LogP) is 4.98. The topological polar surface area (TPSA) is 40.6 Å². The van der Waals surface area contributed by atoms with E-state index in [2.05, 4.69) is 0 Å². The Bertz CT molecular complexity index is 947. The van der Waals surface area contributed by atoms with Crippen molar-refractivity contribution in [1.29, 1.82) is 0 Å². The van der Waals surface area contributed by atoms with Crippen molar-refractivity contribution in [3.05, 3.63) is 75.7 Å². The van der Waals surface area contributed by atoms with Gasteiger partial charge in [-0.05, 0) is 30.2 Å². The molecule has 1 heterocycles. The summed E-state index contributed by atoms with van der Waals surface area (Å²) in [5, 5.41) is 0.576. The van der Waals surface area contributed by atoms with Gasteiger partial charge in [-0.2, -0.15) is 0 Å². The van der Waals surface area contributed by atoms with Crippen LogP contribution in [0, 0.1) is 0 Å². The summed E-state index contributed by atoms with van der Waals surface area (Å²) in [7, 11) is 0. The summed E-state index contributed by atoms with van der Waals surface area (Å²) in [6, 6.07) is 17.2. The molecule has 3 rings (SSSR count). The summed E-state index contributed by atoms with van der Waals surface area (Å²) in [6.07, 6.45) is 1.98. The molecule has 0 N–H and O–H groups in total. The second-order valence-electron chi connectivity index (χ2n) is 6.50. The number of rotatable bonds is 7. The van der Waals surface area contributed by atoms with Crippen molar-refractivity contribution in [3.8, 4) is 0 Å². The Kier molecular flexibility index (Phi) is 7.47. The highest BCUT2D eigenvalue weighted by molar-refractivity contribution is 8.26. The highest BCUT2D eigenvalue weighted by atomic mass is 35.5. The van der Waals surface area contributed by atoms with Gasteiger partial charge in [0, 0.05) is 31.1 Å². The molecule has 0 atom stereocenters. The predicted molar refractivity (Wildman–Crippen MR) is 123 cm³/mol. The molecule has 2 aromatic carbocycles. The van der Waals surface area contributed by atoms with Crippen LogP contribution in [0.25, 0.3) is 6.08 Å². The zero-order valence-electron chi connectivity index (χ0n) is 16.0. The van der Waals surface area contributed by atoms with Gasteiger partial charge in [-0.3, -0.25) is 14.5 Å². The number of amides is 2. The van der Waals surface area contributed by atoms with E-state index in [4.69, 9.17) is 23.8 Å². The Labute approximate surface area is 185 Å². The molecule has 0 spiro atoms. The number of hydrogen-bond donors (Lipinski definition) is 0. The molecule has 29 heavy (non-hydrogen) atoms. The maximum Gasteiger partial charge on any atom is 0.266 e. The van der Waals surface area contributed by atoms with E-state index >= 15 is 0 Å². The third-order valence-corrected chi connectivity index (χ3v) is 6.29. The third-order valence-electron chi connectivity index (χ3n) is 4.57. The van der Waals surface area contributed by atoms with E-state index in [0.717, 1.165) is 11.1 Å². The molecular formula is C22H21ClN2O2S2. The summed E-state index contributed by atoms with van der Waals surface area (Å²) in [5.41, 5.74) is 1.85. The number of carbonyl (C=O) groups excluding carboxylic acids is 2. The maximum atomic E-state index is 12.8. The van der Waals surface area contributed by atoms with Gasteiger partial charge in [0.05, 0.1) is 4.91 Å². The van der Waals surface area contributed by atoms with Crippen LogP contribution in [0.2, 0.25) is 5.02 Å². The van der Waals surface area contributed by atoms with E-state index < -0.39 is 0 Å². The second-order valence-corrected chi connectivity index (χ2v) is 8.58.